The Morgan fingerprint density at radius 1 is 1.27 bits per heavy atom. The van der Waals surface area contributed by atoms with Gasteiger partial charge in [0, 0.05) is 43.3 Å². The van der Waals surface area contributed by atoms with Crippen LogP contribution in [0.1, 0.15) is 46.5 Å². The maximum Gasteiger partial charge on any atom is 0.263 e. The Hall–Kier alpha value is -1.96. The normalized spacial score (nSPS) is 20.9. The Bertz CT molecular complexity index is 894. The summed E-state index contributed by atoms with van der Waals surface area (Å²) in [5, 5.41) is 8.65. The van der Waals surface area contributed by atoms with Crippen molar-refractivity contribution in [2.45, 2.75) is 51.7 Å². The number of rotatable bonds is 6. The van der Waals surface area contributed by atoms with Gasteiger partial charge in [0.25, 0.3) is 11.5 Å². The highest BCUT2D eigenvalue weighted by Gasteiger charge is 2.24. The topological polar surface area (TPSA) is 66.4 Å². The van der Waals surface area contributed by atoms with Gasteiger partial charge in [-0.1, -0.05) is 6.07 Å². The van der Waals surface area contributed by atoms with Crippen molar-refractivity contribution in [2.24, 2.45) is 5.92 Å². The molecule has 1 unspecified atom stereocenters. The van der Waals surface area contributed by atoms with Gasteiger partial charge in [-0.15, -0.1) is 11.3 Å². The minimum Gasteiger partial charge on any atom is -0.349 e. The molecule has 1 atom stereocenters. The highest BCUT2D eigenvalue weighted by molar-refractivity contribution is 7.09. The summed E-state index contributed by atoms with van der Waals surface area (Å²) in [5.41, 5.74) is 0.904. The van der Waals surface area contributed by atoms with Gasteiger partial charge in [0.1, 0.15) is 5.56 Å². The van der Waals surface area contributed by atoms with E-state index < -0.39 is 0 Å². The largest absolute Gasteiger partial charge is 0.349 e. The Kier molecular flexibility index (Phi) is 7.02. The van der Waals surface area contributed by atoms with E-state index in [-0.39, 0.29) is 17.5 Å². The average molecular weight is 429 g/mol. The molecule has 2 saturated heterocycles. The molecule has 30 heavy (non-hydrogen) atoms. The van der Waals surface area contributed by atoms with Crippen LogP contribution in [-0.4, -0.2) is 47.6 Å². The second-order valence-electron chi connectivity index (χ2n) is 8.65. The van der Waals surface area contributed by atoms with Crippen molar-refractivity contribution in [1.82, 2.24) is 20.1 Å². The Balaban J connectivity index is 1.36. The molecule has 1 amide bonds. The molecule has 2 aliphatic heterocycles. The minimum absolute atomic E-state index is 0.132. The summed E-state index contributed by atoms with van der Waals surface area (Å²) in [6.07, 6.45) is 5.95. The average Bonchev–Trinajstić information content (AvgIpc) is 3.26. The highest BCUT2D eigenvalue weighted by atomic mass is 32.1. The first-order valence-corrected chi connectivity index (χ1v) is 11.9. The summed E-state index contributed by atoms with van der Waals surface area (Å²) in [5.74, 6) is 0.230. The van der Waals surface area contributed by atoms with Crippen molar-refractivity contribution < 1.29 is 4.79 Å². The number of carbonyl (C=O) groups is 1. The predicted octanol–water partition coefficient (Wildman–Crippen LogP) is 2.61. The van der Waals surface area contributed by atoms with Crippen molar-refractivity contribution in [2.75, 3.05) is 26.2 Å². The summed E-state index contributed by atoms with van der Waals surface area (Å²) < 4.78 is 1.73. The number of hydrogen-bond acceptors (Lipinski definition) is 5. The first-order chi connectivity index (χ1) is 14.6. The van der Waals surface area contributed by atoms with Crippen LogP contribution >= 0.6 is 11.3 Å². The third-order valence-electron chi connectivity index (χ3n) is 6.34. The fourth-order valence-corrected chi connectivity index (χ4v) is 5.31. The maximum atomic E-state index is 13.1. The van der Waals surface area contributed by atoms with Gasteiger partial charge in [-0.3, -0.25) is 14.5 Å². The fraction of sp³-hybridized carbons (Fsp3) is 0.565. The van der Waals surface area contributed by atoms with Crippen LogP contribution < -0.4 is 16.2 Å². The zero-order valence-electron chi connectivity index (χ0n) is 17.7. The van der Waals surface area contributed by atoms with Gasteiger partial charge in [0.05, 0.1) is 0 Å². The molecule has 7 heteroatoms. The maximum absolute atomic E-state index is 13.1. The van der Waals surface area contributed by atoms with Crippen molar-refractivity contribution in [1.29, 1.82) is 0 Å². The van der Waals surface area contributed by atoms with E-state index in [4.69, 9.17) is 0 Å². The number of nitrogens with one attached hydrogen (secondary N) is 2. The number of hydrogen-bond donors (Lipinski definition) is 2. The summed E-state index contributed by atoms with van der Waals surface area (Å²) in [7, 11) is 0. The van der Waals surface area contributed by atoms with Crippen molar-refractivity contribution in [3.63, 3.8) is 0 Å². The summed E-state index contributed by atoms with van der Waals surface area (Å²) in [6.45, 7) is 7.44. The lowest BCUT2D eigenvalue weighted by Crippen LogP contribution is -2.46. The molecule has 2 N–H and O–H groups in total. The van der Waals surface area contributed by atoms with E-state index in [0.29, 0.717) is 18.0 Å². The number of pyridine rings is 1. The number of piperidine rings is 2. The summed E-state index contributed by atoms with van der Waals surface area (Å²) >= 11 is 1.79. The zero-order valence-corrected chi connectivity index (χ0v) is 18.5. The van der Waals surface area contributed by atoms with Crippen LogP contribution in [0.5, 0.6) is 0 Å². The zero-order chi connectivity index (χ0) is 20.9. The van der Waals surface area contributed by atoms with Gasteiger partial charge in [-0.05, 0) is 74.7 Å². The van der Waals surface area contributed by atoms with Crippen LogP contribution in [0.2, 0.25) is 0 Å². The van der Waals surface area contributed by atoms with Crippen LogP contribution in [0.15, 0.2) is 34.6 Å². The molecule has 0 saturated carbocycles. The quantitative estimate of drug-likeness (QED) is 0.742. The molecule has 4 heterocycles. The fourth-order valence-electron chi connectivity index (χ4n) is 4.56. The van der Waals surface area contributed by atoms with E-state index in [1.165, 1.54) is 4.88 Å². The molecule has 2 aliphatic rings. The molecule has 6 nitrogen and oxygen atoms in total. The third kappa shape index (κ3) is 5.20. The van der Waals surface area contributed by atoms with Gasteiger partial charge < -0.3 is 15.2 Å². The molecule has 4 rings (SSSR count). The monoisotopic (exact) mass is 428 g/mol. The van der Waals surface area contributed by atoms with Crippen molar-refractivity contribution >= 4 is 17.2 Å². The molecular weight excluding hydrogens is 396 g/mol. The van der Waals surface area contributed by atoms with Gasteiger partial charge >= 0.3 is 0 Å². The van der Waals surface area contributed by atoms with Crippen molar-refractivity contribution in [3.8, 4) is 0 Å². The predicted molar refractivity (Wildman–Crippen MR) is 121 cm³/mol. The second kappa shape index (κ2) is 9.90. The Morgan fingerprint density at radius 2 is 2.10 bits per heavy atom. The molecule has 2 aromatic rings. The van der Waals surface area contributed by atoms with Gasteiger partial charge in [0.15, 0.2) is 0 Å². The molecule has 0 spiro atoms. The van der Waals surface area contributed by atoms with E-state index >= 15 is 0 Å². The lowest BCUT2D eigenvalue weighted by molar-refractivity contribution is 0.0906. The van der Waals surface area contributed by atoms with E-state index in [1.807, 2.05) is 19.2 Å². The second-order valence-corrected chi connectivity index (χ2v) is 9.68. The summed E-state index contributed by atoms with van der Waals surface area (Å²) in [6, 6.07) is 6.29. The first kappa shape index (κ1) is 21.3. The lowest BCUT2D eigenvalue weighted by atomic mass is 9.99. The van der Waals surface area contributed by atoms with E-state index in [9.17, 15) is 9.59 Å². The summed E-state index contributed by atoms with van der Waals surface area (Å²) in [4.78, 5) is 29.9. The molecular formula is C23H32N4O2S. The lowest BCUT2D eigenvalue weighted by Gasteiger charge is -2.32. The number of carbonyl (C=O) groups excluding carboxylic acids is 1. The van der Waals surface area contributed by atoms with E-state index in [1.54, 1.807) is 15.9 Å². The van der Waals surface area contributed by atoms with Crippen LogP contribution in [0, 0.1) is 12.8 Å². The van der Waals surface area contributed by atoms with Gasteiger partial charge in [0.2, 0.25) is 0 Å². The van der Waals surface area contributed by atoms with E-state index in [2.05, 4.69) is 33.0 Å². The first-order valence-electron chi connectivity index (χ1n) is 11.1. The molecule has 162 valence electrons. The van der Waals surface area contributed by atoms with Crippen LogP contribution in [0.3, 0.4) is 0 Å². The Morgan fingerprint density at radius 3 is 2.80 bits per heavy atom. The molecule has 2 fully saturated rings. The number of amides is 1. The number of aryl methyl sites for hydroxylation is 1. The number of aromatic nitrogens is 1. The molecule has 2 aromatic heterocycles. The van der Waals surface area contributed by atoms with Crippen LogP contribution in [0.25, 0.3) is 0 Å². The van der Waals surface area contributed by atoms with Crippen LogP contribution in [-0.2, 0) is 13.1 Å². The smallest absolute Gasteiger partial charge is 0.263 e. The minimum atomic E-state index is -0.217. The van der Waals surface area contributed by atoms with Crippen LogP contribution in [0.4, 0.5) is 0 Å². The third-order valence-corrected chi connectivity index (χ3v) is 7.20. The van der Waals surface area contributed by atoms with Gasteiger partial charge in [-0.25, -0.2) is 0 Å². The highest BCUT2D eigenvalue weighted by Crippen LogP contribution is 2.17. The number of likely N-dealkylation sites (tertiary alicyclic amines) is 1. The molecule has 0 radical (unpaired) electrons. The number of thiophene rings is 1. The van der Waals surface area contributed by atoms with Crippen molar-refractivity contribution in [3.05, 3.63) is 56.1 Å². The van der Waals surface area contributed by atoms with E-state index in [0.717, 1.165) is 64.0 Å². The molecule has 0 bridgehead atoms. The van der Waals surface area contributed by atoms with Gasteiger partial charge in [-0.2, -0.15) is 0 Å². The molecule has 0 aromatic carbocycles. The standard InChI is InChI=1S/C23H32N4O2S/c1-17-6-12-27(15-18-4-2-9-24-14-18)23(29)21(17)22(28)25-19-7-10-26(11-8-19)16-20-5-3-13-30-20/h3,5-6,12-13,18-19,24H,2,4,7-11,14-16H2,1H3,(H,25,28). The Labute approximate surface area is 182 Å². The number of nitrogens with zero attached hydrogens (tertiary/aromatic N) is 2. The SMILES string of the molecule is Cc1ccn(CC2CCCNC2)c(=O)c1C(=O)NC1CCN(Cc2cccs2)CC1. The molecule has 0 aliphatic carbocycles.